The average Bonchev–Trinajstić information content (AvgIpc) is 2.81. The van der Waals surface area contributed by atoms with Gasteiger partial charge in [-0.2, -0.15) is 5.10 Å². The van der Waals surface area contributed by atoms with Crippen molar-refractivity contribution in [2.24, 2.45) is 0 Å². The van der Waals surface area contributed by atoms with Crippen LogP contribution < -0.4 is 5.73 Å². The molecule has 3 N–H and O–H groups in total. The fraction of sp³-hybridized carbons (Fsp3) is 0.692. The molecule has 1 aromatic heterocycles. The van der Waals surface area contributed by atoms with Gasteiger partial charge in [-0.05, 0) is 18.3 Å². The Kier molecular flexibility index (Phi) is 3.09. The molecule has 18 heavy (non-hydrogen) atoms. The number of nitrogen functional groups attached to an aromatic ring is 1. The highest BCUT2D eigenvalue weighted by Crippen LogP contribution is 2.41. The molecule has 1 saturated carbocycles. The van der Waals surface area contributed by atoms with Crippen LogP contribution >= 0.6 is 0 Å². The Morgan fingerprint density at radius 1 is 1.39 bits per heavy atom. The lowest BCUT2D eigenvalue weighted by Crippen LogP contribution is -2.18. The number of nitrogens with two attached hydrogens (primary N) is 1. The Balaban J connectivity index is 2.56. The van der Waals surface area contributed by atoms with Crippen molar-refractivity contribution >= 4 is 11.9 Å². The van der Waals surface area contributed by atoms with Crippen molar-refractivity contribution in [3.63, 3.8) is 0 Å². The zero-order valence-corrected chi connectivity index (χ0v) is 11.2. The summed E-state index contributed by atoms with van der Waals surface area (Å²) < 4.78 is 0.925. The predicted molar refractivity (Wildman–Crippen MR) is 70.0 cm³/mol. The van der Waals surface area contributed by atoms with E-state index in [1.165, 1.54) is 12.8 Å². The minimum absolute atomic E-state index is 0.185. The number of rotatable bonds is 1. The first kappa shape index (κ1) is 12.9. The SMILES string of the molecule is CC(C)(C)c1c(C2CCCC2)nn(C(=O)O)c1N. The van der Waals surface area contributed by atoms with E-state index < -0.39 is 6.09 Å². The van der Waals surface area contributed by atoms with Crippen LogP contribution in [0.15, 0.2) is 0 Å². The Hall–Kier alpha value is -1.52. The first-order valence-corrected chi connectivity index (χ1v) is 6.44. The van der Waals surface area contributed by atoms with Crippen LogP contribution in [-0.2, 0) is 5.41 Å². The van der Waals surface area contributed by atoms with E-state index in [0.717, 1.165) is 28.8 Å². The van der Waals surface area contributed by atoms with Crippen molar-refractivity contribution in [2.75, 3.05) is 5.73 Å². The quantitative estimate of drug-likeness (QED) is 0.804. The Bertz CT molecular complexity index is 465. The van der Waals surface area contributed by atoms with Crippen LogP contribution in [0.2, 0.25) is 0 Å². The molecule has 1 fully saturated rings. The lowest BCUT2D eigenvalue weighted by molar-refractivity contribution is 0.193. The van der Waals surface area contributed by atoms with Gasteiger partial charge in [-0.3, -0.25) is 0 Å². The lowest BCUT2D eigenvalue weighted by Gasteiger charge is -2.21. The van der Waals surface area contributed by atoms with E-state index in [9.17, 15) is 4.79 Å². The smallest absolute Gasteiger partial charge is 0.434 e. The van der Waals surface area contributed by atoms with Crippen LogP contribution in [0.5, 0.6) is 0 Å². The summed E-state index contributed by atoms with van der Waals surface area (Å²) in [6.07, 6.45) is 3.43. The van der Waals surface area contributed by atoms with Crippen LogP contribution in [0.25, 0.3) is 0 Å². The maximum Gasteiger partial charge on any atom is 0.434 e. The van der Waals surface area contributed by atoms with Gasteiger partial charge in [0.1, 0.15) is 5.82 Å². The van der Waals surface area contributed by atoms with Gasteiger partial charge in [-0.15, -0.1) is 4.68 Å². The summed E-state index contributed by atoms with van der Waals surface area (Å²) in [6, 6.07) is 0. The van der Waals surface area contributed by atoms with E-state index in [2.05, 4.69) is 5.10 Å². The van der Waals surface area contributed by atoms with Crippen molar-refractivity contribution in [2.45, 2.75) is 57.8 Å². The highest BCUT2D eigenvalue weighted by molar-refractivity contribution is 5.73. The van der Waals surface area contributed by atoms with Crippen molar-refractivity contribution in [1.82, 2.24) is 9.78 Å². The number of hydrogen-bond acceptors (Lipinski definition) is 3. The van der Waals surface area contributed by atoms with E-state index in [4.69, 9.17) is 10.8 Å². The van der Waals surface area contributed by atoms with Crippen LogP contribution in [0, 0.1) is 0 Å². The second-order valence-corrected chi connectivity index (χ2v) is 6.07. The van der Waals surface area contributed by atoms with Gasteiger partial charge < -0.3 is 10.8 Å². The molecule has 5 nitrogen and oxygen atoms in total. The monoisotopic (exact) mass is 251 g/mol. The summed E-state index contributed by atoms with van der Waals surface area (Å²) in [4.78, 5) is 11.1. The van der Waals surface area contributed by atoms with E-state index in [0.29, 0.717) is 5.92 Å². The zero-order valence-electron chi connectivity index (χ0n) is 11.2. The van der Waals surface area contributed by atoms with Gasteiger partial charge in [0.05, 0.1) is 5.69 Å². The average molecular weight is 251 g/mol. The second kappa shape index (κ2) is 4.30. The largest absolute Gasteiger partial charge is 0.463 e. The van der Waals surface area contributed by atoms with Crippen molar-refractivity contribution < 1.29 is 9.90 Å². The molecular formula is C13H21N3O2. The fourth-order valence-electron chi connectivity index (χ4n) is 2.85. The molecule has 1 aliphatic rings. The Labute approximate surface area is 107 Å². The molecule has 0 amide bonds. The van der Waals surface area contributed by atoms with E-state index in [-0.39, 0.29) is 11.2 Å². The Morgan fingerprint density at radius 2 is 1.94 bits per heavy atom. The van der Waals surface area contributed by atoms with Gasteiger partial charge in [0, 0.05) is 11.5 Å². The minimum Gasteiger partial charge on any atom is -0.463 e. The summed E-state index contributed by atoms with van der Waals surface area (Å²) in [5.41, 5.74) is 7.58. The van der Waals surface area contributed by atoms with Gasteiger partial charge >= 0.3 is 6.09 Å². The molecule has 0 unspecified atom stereocenters. The van der Waals surface area contributed by atoms with Gasteiger partial charge in [-0.25, -0.2) is 4.79 Å². The normalized spacial score (nSPS) is 17.3. The highest BCUT2D eigenvalue weighted by atomic mass is 16.4. The maximum absolute atomic E-state index is 11.1. The molecule has 0 spiro atoms. The van der Waals surface area contributed by atoms with Gasteiger partial charge in [-0.1, -0.05) is 33.6 Å². The van der Waals surface area contributed by atoms with Gasteiger partial charge in [0.25, 0.3) is 0 Å². The number of aromatic nitrogens is 2. The van der Waals surface area contributed by atoms with Crippen molar-refractivity contribution in [3.8, 4) is 0 Å². The zero-order chi connectivity index (χ0) is 13.5. The van der Waals surface area contributed by atoms with E-state index >= 15 is 0 Å². The molecule has 2 rings (SSSR count). The summed E-state index contributed by atoms with van der Waals surface area (Å²) >= 11 is 0. The molecule has 1 aliphatic carbocycles. The third kappa shape index (κ3) is 2.09. The predicted octanol–water partition coefficient (Wildman–Crippen LogP) is 2.95. The summed E-state index contributed by atoms with van der Waals surface area (Å²) in [5, 5.41) is 13.4. The lowest BCUT2D eigenvalue weighted by atomic mass is 9.83. The molecule has 100 valence electrons. The van der Waals surface area contributed by atoms with Crippen LogP contribution in [0.3, 0.4) is 0 Å². The molecular weight excluding hydrogens is 230 g/mol. The third-order valence-electron chi connectivity index (χ3n) is 3.62. The van der Waals surface area contributed by atoms with Crippen LogP contribution in [-0.4, -0.2) is 21.0 Å². The van der Waals surface area contributed by atoms with Crippen molar-refractivity contribution in [3.05, 3.63) is 11.3 Å². The highest BCUT2D eigenvalue weighted by Gasteiger charge is 2.32. The van der Waals surface area contributed by atoms with Crippen molar-refractivity contribution in [1.29, 1.82) is 0 Å². The number of hydrogen-bond donors (Lipinski definition) is 2. The molecule has 0 radical (unpaired) electrons. The van der Waals surface area contributed by atoms with E-state index in [1.807, 2.05) is 20.8 Å². The maximum atomic E-state index is 11.1. The first-order valence-electron chi connectivity index (χ1n) is 6.44. The topological polar surface area (TPSA) is 81.1 Å². The molecule has 1 heterocycles. The number of carboxylic acid groups (broad SMARTS) is 1. The van der Waals surface area contributed by atoms with Crippen LogP contribution in [0.4, 0.5) is 10.6 Å². The minimum atomic E-state index is -1.11. The number of carbonyl (C=O) groups is 1. The summed E-state index contributed by atoms with van der Waals surface area (Å²) in [5.74, 6) is 0.638. The second-order valence-electron chi connectivity index (χ2n) is 6.07. The third-order valence-corrected chi connectivity index (χ3v) is 3.62. The number of anilines is 1. The molecule has 5 heteroatoms. The summed E-state index contributed by atoms with van der Waals surface area (Å²) in [6.45, 7) is 6.14. The van der Waals surface area contributed by atoms with E-state index in [1.54, 1.807) is 0 Å². The standard InChI is InChI=1S/C13H21N3O2/c1-13(2,3)9-10(8-6-4-5-7-8)15-16(11(9)14)12(17)18/h8H,4-7,14H2,1-3H3,(H,17,18). The van der Waals surface area contributed by atoms with Gasteiger partial charge in [0.15, 0.2) is 0 Å². The molecule has 0 aromatic carbocycles. The Morgan fingerprint density at radius 3 is 2.39 bits per heavy atom. The van der Waals surface area contributed by atoms with Gasteiger partial charge in [0.2, 0.25) is 0 Å². The van der Waals surface area contributed by atoms with Crippen LogP contribution in [0.1, 0.15) is 63.6 Å². The first-order chi connectivity index (χ1) is 8.32. The fourth-order valence-corrected chi connectivity index (χ4v) is 2.85. The molecule has 0 saturated heterocycles. The molecule has 1 aromatic rings. The molecule has 0 aliphatic heterocycles. The summed E-state index contributed by atoms with van der Waals surface area (Å²) in [7, 11) is 0. The number of nitrogens with zero attached hydrogens (tertiary/aromatic N) is 2. The molecule has 0 bridgehead atoms. The molecule has 0 atom stereocenters.